The first kappa shape index (κ1) is 16.4. The van der Waals surface area contributed by atoms with E-state index < -0.39 is 0 Å². The van der Waals surface area contributed by atoms with E-state index in [1.807, 2.05) is 18.2 Å². The first-order valence-corrected chi connectivity index (χ1v) is 9.25. The van der Waals surface area contributed by atoms with Gasteiger partial charge in [-0.15, -0.1) is 0 Å². The van der Waals surface area contributed by atoms with E-state index in [0.717, 1.165) is 36.6 Å². The van der Waals surface area contributed by atoms with Crippen LogP contribution in [0.2, 0.25) is 0 Å². The van der Waals surface area contributed by atoms with E-state index in [-0.39, 0.29) is 11.2 Å². The summed E-state index contributed by atoms with van der Waals surface area (Å²) in [6.07, 6.45) is 2.53. The van der Waals surface area contributed by atoms with E-state index >= 15 is 0 Å². The van der Waals surface area contributed by atoms with Crippen LogP contribution in [0.15, 0.2) is 54.9 Å². The molecule has 1 aliphatic heterocycles. The highest BCUT2D eigenvalue weighted by Crippen LogP contribution is 2.42. The molecule has 25 heavy (non-hydrogen) atoms. The molecule has 0 radical (unpaired) electrons. The third kappa shape index (κ3) is 3.10. The summed E-state index contributed by atoms with van der Waals surface area (Å²) in [6.45, 7) is 4.49. The largest absolute Gasteiger partial charge is 0.298 e. The molecule has 0 amide bonds. The highest BCUT2D eigenvalue weighted by molar-refractivity contribution is 7.05. The molecule has 1 fully saturated rings. The summed E-state index contributed by atoms with van der Waals surface area (Å²) < 4.78 is 18.4. The lowest BCUT2D eigenvalue weighted by atomic mass is 9.80. The number of halogens is 1. The monoisotopic (exact) mass is 353 g/mol. The highest BCUT2D eigenvalue weighted by atomic mass is 32.1. The quantitative estimate of drug-likeness (QED) is 0.705. The first-order valence-electron chi connectivity index (χ1n) is 8.47. The van der Waals surface area contributed by atoms with Crippen LogP contribution < -0.4 is 0 Å². The van der Waals surface area contributed by atoms with Crippen molar-refractivity contribution >= 4 is 11.5 Å². The predicted octanol–water partition coefficient (Wildman–Crippen LogP) is 4.18. The summed E-state index contributed by atoms with van der Waals surface area (Å²) in [7, 11) is 0. The summed E-state index contributed by atoms with van der Waals surface area (Å²) in [6, 6.07) is 16.1. The Morgan fingerprint density at radius 2 is 2.04 bits per heavy atom. The van der Waals surface area contributed by atoms with Crippen LogP contribution in [-0.2, 0) is 12.0 Å². The van der Waals surface area contributed by atoms with Crippen molar-refractivity contribution in [2.45, 2.75) is 25.3 Å². The van der Waals surface area contributed by atoms with Crippen molar-refractivity contribution in [2.75, 3.05) is 13.1 Å². The van der Waals surface area contributed by atoms with Gasteiger partial charge in [0, 0.05) is 13.1 Å². The lowest BCUT2D eigenvalue weighted by molar-refractivity contribution is 0.314. The van der Waals surface area contributed by atoms with Crippen molar-refractivity contribution in [2.24, 2.45) is 0 Å². The average Bonchev–Trinajstić information content (AvgIpc) is 3.29. The Kier molecular flexibility index (Phi) is 4.36. The molecule has 128 valence electrons. The molecule has 3 nitrogen and oxygen atoms in total. The SMILES string of the molecule is Cc1ccc(C2(c3ncns3)CCN(Cc3ccccc3)C2)cc1F. The number of likely N-dealkylation sites (tertiary alicyclic amines) is 1. The zero-order valence-electron chi connectivity index (χ0n) is 14.2. The Morgan fingerprint density at radius 3 is 2.76 bits per heavy atom. The van der Waals surface area contributed by atoms with E-state index in [2.05, 4.69) is 38.5 Å². The molecule has 0 spiro atoms. The van der Waals surface area contributed by atoms with Gasteiger partial charge in [-0.25, -0.2) is 9.37 Å². The van der Waals surface area contributed by atoms with Crippen LogP contribution in [0.3, 0.4) is 0 Å². The molecular formula is C20H20FN3S. The van der Waals surface area contributed by atoms with Crippen molar-refractivity contribution in [3.05, 3.63) is 82.4 Å². The number of rotatable bonds is 4. The summed E-state index contributed by atoms with van der Waals surface area (Å²) in [5, 5.41) is 0.978. The van der Waals surface area contributed by atoms with Crippen molar-refractivity contribution in [1.82, 2.24) is 14.3 Å². The topological polar surface area (TPSA) is 29.0 Å². The second-order valence-corrected chi connectivity index (χ2v) is 7.52. The van der Waals surface area contributed by atoms with Crippen LogP contribution in [-0.4, -0.2) is 27.3 Å². The predicted molar refractivity (Wildman–Crippen MR) is 98.2 cm³/mol. The van der Waals surface area contributed by atoms with Gasteiger partial charge in [-0.3, -0.25) is 4.90 Å². The van der Waals surface area contributed by atoms with E-state index in [1.165, 1.54) is 17.1 Å². The summed E-state index contributed by atoms with van der Waals surface area (Å²) in [4.78, 5) is 6.92. The van der Waals surface area contributed by atoms with Crippen LogP contribution in [0.5, 0.6) is 0 Å². The molecule has 1 unspecified atom stereocenters. The Hall–Kier alpha value is -2.11. The molecule has 1 atom stereocenters. The van der Waals surface area contributed by atoms with Gasteiger partial charge in [-0.2, -0.15) is 4.37 Å². The number of aryl methyl sites for hydroxylation is 1. The van der Waals surface area contributed by atoms with Gasteiger partial charge in [-0.05, 0) is 54.2 Å². The number of aromatic nitrogens is 2. The van der Waals surface area contributed by atoms with Gasteiger partial charge in [0.15, 0.2) is 0 Å². The highest BCUT2D eigenvalue weighted by Gasteiger charge is 2.43. The maximum atomic E-state index is 14.2. The molecular weight excluding hydrogens is 333 g/mol. The Morgan fingerprint density at radius 1 is 1.20 bits per heavy atom. The number of nitrogens with zero attached hydrogens (tertiary/aromatic N) is 3. The van der Waals surface area contributed by atoms with Gasteiger partial charge in [0.1, 0.15) is 17.2 Å². The Balaban J connectivity index is 1.67. The van der Waals surface area contributed by atoms with Crippen LogP contribution in [0.4, 0.5) is 4.39 Å². The van der Waals surface area contributed by atoms with Crippen LogP contribution in [0, 0.1) is 12.7 Å². The fourth-order valence-electron chi connectivity index (χ4n) is 3.67. The van der Waals surface area contributed by atoms with E-state index in [1.54, 1.807) is 19.3 Å². The van der Waals surface area contributed by atoms with Crippen LogP contribution in [0.25, 0.3) is 0 Å². The molecule has 0 saturated carbocycles. The molecule has 3 aromatic rings. The summed E-state index contributed by atoms with van der Waals surface area (Å²) in [5.74, 6) is -0.150. The van der Waals surface area contributed by atoms with Crippen molar-refractivity contribution in [3.63, 3.8) is 0 Å². The van der Waals surface area contributed by atoms with Gasteiger partial charge in [-0.1, -0.05) is 42.5 Å². The van der Waals surface area contributed by atoms with Crippen LogP contribution in [0.1, 0.15) is 28.1 Å². The first-order chi connectivity index (χ1) is 12.2. The third-order valence-electron chi connectivity index (χ3n) is 5.09. The molecule has 4 rings (SSSR count). The zero-order chi connectivity index (χ0) is 17.3. The maximum Gasteiger partial charge on any atom is 0.129 e. The standard InChI is InChI=1S/C20H20FN3S/c1-15-7-8-17(11-18(15)21)20(19-22-14-23-25-19)9-10-24(13-20)12-16-5-3-2-4-6-16/h2-8,11,14H,9-10,12-13H2,1H3. The molecule has 0 bridgehead atoms. The number of hydrogen-bond acceptors (Lipinski definition) is 4. The Labute approximate surface area is 151 Å². The minimum absolute atomic E-state index is 0.150. The number of hydrogen-bond donors (Lipinski definition) is 0. The van der Waals surface area contributed by atoms with Crippen molar-refractivity contribution in [1.29, 1.82) is 0 Å². The molecule has 0 aliphatic carbocycles. The molecule has 2 heterocycles. The minimum atomic E-state index is -0.273. The number of benzene rings is 2. The van der Waals surface area contributed by atoms with Gasteiger partial charge < -0.3 is 0 Å². The van der Waals surface area contributed by atoms with E-state index in [4.69, 9.17) is 0 Å². The van der Waals surface area contributed by atoms with Crippen molar-refractivity contribution < 1.29 is 4.39 Å². The molecule has 2 aromatic carbocycles. The van der Waals surface area contributed by atoms with Gasteiger partial charge >= 0.3 is 0 Å². The molecule has 1 aliphatic rings. The maximum absolute atomic E-state index is 14.2. The van der Waals surface area contributed by atoms with Gasteiger partial charge in [0.25, 0.3) is 0 Å². The summed E-state index contributed by atoms with van der Waals surface area (Å²) in [5.41, 5.74) is 2.70. The lowest BCUT2D eigenvalue weighted by Gasteiger charge is -2.28. The van der Waals surface area contributed by atoms with Crippen molar-refractivity contribution in [3.8, 4) is 0 Å². The second-order valence-electron chi connectivity index (χ2n) is 6.74. The smallest absolute Gasteiger partial charge is 0.129 e. The van der Waals surface area contributed by atoms with Crippen LogP contribution >= 0.6 is 11.5 Å². The minimum Gasteiger partial charge on any atom is -0.298 e. The third-order valence-corrected chi connectivity index (χ3v) is 5.96. The molecule has 0 N–H and O–H groups in total. The molecule has 1 aromatic heterocycles. The Bertz CT molecular complexity index is 851. The fourth-order valence-corrected chi connectivity index (χ4v) is 4.42. The second kappa shape index (κ2) is 6.65. The average molecular weight is 353 g/mol. The lowest BCUT2D eigenvalue weighted by Crippen LogP contribution is -2.32. The van der Waals surface area contributed by atoms with E-state index in [0.29, 0.717) is 5.56 Å². The molecule has 1 saturated heterocycles. The van der Waals surface area contributed by atoms with Gasteiger partial charge in [0.05, 0.1) is 5.41 Å². The zero-order valence-corrected chi connectivity index (χ0v) is 15.0. The van der Waals surface area contributed by atoms with Gasteiger partial charge in [0.2, 0.25) is 0 Å². The summed E-state index contributed by atoms with van der Waals surface area (Å²) >= 11 is 1.42. The molecule has 5 heteroatoms. The van der Waals surface area contributed by atoms with E-state index in [9.17, 15) is 4.39 Å². The normalized spacial score (nSPS) is 20.9. The fraction of sp³-hybridized carbons (Fsp3) is 0.300.